The summed E-state index contributed by atoms with van der Waals surface area (Å²) >= 11 is 0. The summed E-state index contributed by atoms with van der Waals surface area (Å²) in [6.07, 6.45) is 5.75. The molecule has 0 aliphatic carbocycles. The van der Waals surface area contributed by atoms with Crippen LogP contribution in [-0.2, 0) is 16.4 Å². The van der Waals surface area contributed by atoms with Gasteiger partial charge in [-0.1, -0.05) is 42.0 Å². The Morgan fingerprint density at radius 1 is 0.906 bits per heavy atom. The molecule has 6 nitrogen and oxygen atoms in total. The summed E-state index contributed by atoms with van der Waals surface area (Å²) in [7, 11) is -3.44. The summed E-state index contributed by atoms with van der Waals surface area (Å²) in [5, 5.41) is 4.41. The molecule has 4 rings (SSSR count). The number of pyridine rings is 1. The molecule has 0 atom stereocenters. The molecule has 0 saturated carbocycles. The van der Waals surface area contributed by atoms with Crippen LogP contribution in [-0.4, -0.2) is 38.0 Å². The minimum Gasteiger partial charge on any atom is -0.346 e. The average Bonchev–Trinajstić information content (AvgIpc) is 3.27. The van der Waals surface area contributed by atoms with Crippen LogP contribution in [0.25, 0.3) is 22.2 Å². The Balaban J connectivity index is 1.17. The number of nitrogens with one attached hydrogen (secondary N) is 3. The average molecular weight is 449 g/mol. The number of aryl methyl sites for hydroxylation is 2. The molecule has 2 heterocycles. The van der Waals surface area contributed by atoms with Crippen LogP contribution >= 0.6 is 0 Å². The Hall–Kier alpha value is -3.00. The Morgan fingerprint density at radius 2 is 1.69 bits per heavy atom. The van der Waals surface area contributed by atoms with Crippen LogP contribution in [0.2, 0.25) is 0 Å². The van der Waals surface area contributed by atoms with E-state index in [1.54, 1.807) is 24.3 Å². The number of benzene rings is 2. The Kier molecular flexibility index (Phi) is 6.99. The van der Waals surface area contributed by atoms with Crippen molar-refractivity contribution in [2.45, 2.75) is 24.7 Å². The van der Waals surface area contributed by atoms with E-state index in [4.69, 9.17) is 0 Å². The molecule has 0 amide bonds. The molecule has 166 valence electrons. The van der Waals surface area contributed by atoms with Gasteiger partial charge in [0.05, 0.1) is 4.90 Å². The highest BCUT2D eigenvalue weighted by Crippen LogP contribution is 2.23. The van der Waals surface area contributed by atoms with Gasteiger partial charge in [-0.3, -0.25) is 0 Å². The van der Waals surface area contributed by atoms with Crippen LogP contribution in [0, 0.1) is 6.92 Å². The quantitative estimate of drug-likeness (QED) is 0.320. The molecular weight excluding hydrogens is 420 g/mol. The molecule has 0 unspecified atom stereocenters. The van der Waals surface area contributed by atoms with E-state index >= 15 is 0 Å². The van der Waals surface area contributed by atoms with Crippen molar-refractivity contribution in [3.63, 3.8) is 0 Å². The number of sulfonamides is 1. The number of hydrogen-bond donors (Lipinski definition) is 3. The van der Waals surface area contributed by atoms with E-state index < -0.39 is 10.0 Å². The van der Waals surface area contributed by atoms with Crippen molar-refractivity contribution in [1.29, 1.82) is 0 Å². The van der Waals surface area contributed by atoms with E-state index in [-0.39, 0.29) is 0 Å². The van der Waals surface area contributed by atoms with E-state index in [0.29, 0.717) is 18.0 Å². The van der Waals surface area contributed by atoms with E-state index in [2.05, 4.69) is 50.3 Å². The van der Waals surface area contributed by atoms with Crippen molar-refractivity contribution in [2.75, 3.05) is 19.6 Å². The molecule has 0 fully saturated rings. The van der Waals surface area contributed by atoms with Gasteiger partial charge in [-0.25, -0.2) is 18.1 Å². The lowest BCUT2D eigenvalue weighted by atomic mass is 10.0. The molecule has 7 heteroatoms. The van der Waals surface area contributed by atoms with Crippen molar-refractivity contribution in [3.05, 3.63) is 84.2 Å². The molecule has 32 heavy (non-hydrogen) atoms. The maximum absolute atomic E-state index is 12.3. The Bertz CT molecular complexity index is 1260. The number of nitrogens with zero attached hydrogens (tertiary/aromatic N) is 1. The summed E-state index contributed by atoms with van der Waals surface area (Å²) in [6.45, 7) is 3.73. The molecule has 3 N–H and O–H groups in total. The molecule has 0 spiro atoms. The molecule has 0 saturated heterocycles. The van der Waals surface area contributed by atoms with Gasteiger partial charge in [-0.2, -0.15) is 0 Å². The lowest BCUT2D eigenvalue weighted by Gasteiger charge is -2.09. The monoisotopic (exact) mass is 448 g/mol. The van der Waals surface area contributed by atoms with Crippen LogP contribution in [0.15, 0.2) is 78.0 Å². The fourth-order valence-electron chi connectivity index (χ4n) is 3.58. The van der Waals surface area contributed by atoms with E-state index in [1.807, 2.05) is 25.4 Å². The van der Waals surface area contributed by atoms with Gasteiger partial charge in [0, 0.05) is 36.4 Å². The number of aromatic amines is 1. The van der Waals surface area contributed by atoms with Crippen molar-refractivity contribution in [2.24, 2.45) is 0 Å². The number of H-pyrrole nitrogens is 1. The minimum atomic E-state index is -3.44. The number of hydrogen-bond acceptors (Lipinski definition) is 4. The summed E-state index contributed by atoms with van der Waals surface area (Å²) in [5.74, 6) is 0. The maximum Gasteiger partial charge on any atom is 0.240 e. The lowest BCUT2D eigenvalue weighted by molar-refractivity contribution is 0.574. The van der Waals surface area contributed by atoms with E-state index in [1.165, 1.54) is 5.56 Å². The van der Waals surface area contributed by atoms with Crippen LogP contribution < -0.4 is 10.0 Å². The Labute approximate surface area is 189 Å². The highest BCUT2D eigenvalue weighted by atomic mass is 32.2. The highest BCUT2D eigenvalue weighted by molar-refractivity contribution is 7.89. The fourth-order valence-corrected chi connectivity index (χ4v) is 4.61. The second-order valence-corrected chi connectivity index (χ2v) is 9.67. The summed E-state index contributed by atoms with van der Waals surface area (Å²) in [5.41, 5.74) is 5.49. The van der Waals surface area contributed by atoms with Crippen molar-refractivity contribution in [1.82, 2.24) is 20.0 Å². The van der Waals surface area contributed by atoms with Gasteiger partial charge in [0.1, 0.15) is 5.65 Å². The van der Waals surface area contributed by atoms with Gasteiger partial charge >= 0.3 is 0 Å². The van der Waals surface area contributed by atoms with Gasteiger partial charge < -0.3 is 10.3 Å². The Morgan fingerprint density at radius 3 is 2.47 bits per heavy atom. The van der Waals surface area contributed by atoms with Gasteiger partial charge in [0.25, 0.3) is 0 Å². The molecular formula is C25H28N4O2S. The summed E-state index contributed by atoms with van der Waals surface area (Å²) in [6, 6.07) is 19.6. The minimum absolute atomic E-state index is 0.301. The van der Waals surface area contributed by atoms with Crippen molar-refractivity contribution < 1.29 is 8.42 Å². The molecule has 0 aliphatic rings. The highest BCUT2D eigenvalue weighted by Gasteiger charge is 2.12. The van der Waals surface area contributed by atoms with Gasteiger partial charge in [-0.15, -0.1) is 0 Å². The summed E-state index contributed by atoms with van der Waals surface area (Å²) < 4.78 is 27.1. The largest absolute Gasteiger partial charge is 0.346 e. The van der Waals surface area contributed by atoms with E-state index in [0.717, 1.165) is 47.1 Å². The van der Waals surface area contributed by atoms with E-state index in [9.17, 15) is 8.42 Å². The zero-order valence-electron chi connectivity index (χ0n) is 18.1. The predicted molar refractivity (Wildman–Crippen MR) is 129 cm³/mol. The number of fused-ring (bicyclic) bond motifs is 1. The van der Waals surface area contributed by atoms with Crippen LogP contribution in [0.3, 0.4) is 0 Å². The third kappa shape index (κ3) is 5.62. The first-order valence-electron chi connectivity index (χ1n) is 10.8. The van der Waals surface area contributed by atoms with Gasteiger partial charge in [-0.05, 0) is 61.7 Å². The van der Waals surface area contributed by atoms with Crippen LogP contribution in [0.4, 0.5) is 0 Å². The lowest BCUT2D eigenvalue weighted by Crippen LogP contribution is -2.32. The molecule has 0 radical (unpaired) electrons. The van der Waals surface area contributed by atoms with Crippen molar-refractivity contribution >= 4 is 21.1 Å². The second kappa shape index (κ2) is 10.1. The first-order valence-corrected chi connectivity index (χ1v) is 12.3. The number of aromatic nitrogens is 2. The maximum atomic E-state index is 12.3. The van der Waals surface area contributed by atoms with Gasteiger partial charge in [0.2, 0.25) is 10.0 Å². The zero-order chi connectivity index (χ0) is 22.4. The number of rotatable bonds is 10. The van der Waals surface area contributed by atoms with Gasteiger partial charge in [0.15, 0.2) is 0 Å². The second-order valence-electron chi connectivity index (χ2n) is 7.90. The molecule has 0 bridgehead atoms. The third-order valence-corrected chi connectivity index (χ3v) is 6.91. The third-order valence-electron chi connectivity index (χ3n) is 5.43. The van der Waals surface area contributed by atoms with Crippen molar-refractivity contribution in [3.8, 4) is 11.1 Å². The van der Waals surface area contributed by atoms with Crippen LogP contribution in [0.1, 0.15) is 17.5 Å². The smallest absolute Gasteiger partial charge is 0.240 e. The first-order chi connectivity index (χ1) is 15.5. The topological polar surface area (TPSA) is 86.9 Å². The standard InChI is InChI=1S/C25H28N4O2S/c1-19-4-10-24(11-5-19)32(30,31)29-16-15-26-13-2-3-20-6-8-21(9-7-20)23-17-22-12-14-27-25(22)28-18-23/h4-12,14,17-18,26,29H,2-3,13,15-16H2,1H3,(H,27,28). The normalized spacial score (nSPS) is 11.8. The zero-order valence-corrected chi connectivity index (χ0v) is 19.0. The molecule has 2 aromatic heterocycles. The fraction of sp³-hybridized carbons (Fsp3) is 0.240. The summed E-state index contributed by atoms with van der Waals surface area (Å²) in [4.78, 5) is 7.87. The molecule has 4 aromatic rings. The predicted octanol–water partition coefficient (Wildman–Crippen LogP) is 4.04. The van der Waals surface area contributed by atoms with Crippen LogP contribution in [0.5, 0.6) is 0 Å². The first kappa shape index (κ1) is 22.2. The molecule has 0 aliphatic heterocycles. The SMILES string of the molecule is Cc1ccc(S(=O)(=O)NCCNCCCc2ccc(-c3cnc4[nH]ccc4c3)cc2)cc1. The molecule has 2 aromatic carbocycles.